The molecule has 12 nitrogen and oxygen atoms in total. The Labute approximate surface area is 312 Å². The second-order valence-corrected chi connectivity index (χ2v) is 16.3. The highest BCUT2D eigenvalue weighted by molar-refractivity contribution is 7.89. The summed E-state index contributed by atoms with van der Waals surface area (Å²) in [4.78, 5) is 30.7. The van der Waals surface area contributed by atoms with Gasteiger partial charge < -0.3 is 30.0 Å². The first-order valence-corrected chi connectivity index (χ1v) is 19.9. The van der Waals surface area contributed by atoms with Crippen LogP contribution in [0, 0.1) is 11.8 Å². The number of amides is 2. The van der Waals surface area contributed by atoms with Gasteiger partial charge in [-0.1, -0.05) is 74.5 Å². The zero-order valence-corrected chi connectivity index (χ0v) is 31.1. The fraction of sp³-hybridized carbons (Fsp3) is 0.475. The molecule has 6 atom stereocenters. The minimum atomic E-state index is -4.16. The summed E-state index contributed by atoms with van der Waals surface area (Å²) >= 11 is 0. The Kier molecular flexibility index (Phi) is 12.9. The van der Waals surface area contributed by atoms with Crippen molar-refractivity contribution in [1.82, 2.24) is 9.62 Å². The van der Waals surface area contributed by atoms with Crippen LogP contribution >= 0.6 is 0 Å². The second kappa shape index (κ2) is 17.8. The predicted octanol–water partition coefficient (Wildman–Crippen LogP) is 4.92. The summed E-state index contributed by atoms with van der Waals surface area (Å²) in [6.45, 7) is 4.93. The number of sulfonamides is 1. The smallest absolute Gasteiger partial charge is 0.407 e. The van der Waals surface area contributed by atoms with Crippen LogP contribution in [0.3, 0.4) is 0 Å². The monoisotopic (exact) mass is 746 g/mol. The van der Waals surface area contributed by atoms with Crippen molar-refractivity contribution in [3.63, 3.8) is 0 Å². The molecule has 3 aliphatic heterocycles. The van der Waals surface area contributed by atoms with E-state index in [1.54, 1.807) is 12.3 Å². The highest BCUT2D eigenvalue weighted by Gasteiger charge is 2.44. The number of anilines is 1. The van der Waals surface area contributed by atoms with E-state index < -0.39 is 40.3 Å². The van der Waals surface area contributed by atoms with Gasteiger partial charge in [-0.3, -0.25) is 9.79 Å². The van der Waals surface area contributed by atoms with Crippen LogP contribution in [0.15, 0.2) is 88.8 Å². The molecule has 0 bridgehead atoms. The van der Waals surface area contributed by atoms with E-state index in [1.807, 2.05) is 62.4 Å². The zero-order chi connectivity index (χ0) is 37.4. The van der Waals surface area contributed by atoms with Gasteiger partial charge in [-0.05, 0) is 72.9 Å². The SMILES string of the molecule is CC(C)CN(CC(O)C(Cc1ccccc1)NC(=O)OC1COC2OCCC12)S(=O)(=O)c1ccc2c(c1)C(C=NCCCCc1ccccc1)C(=O)N2. The highest BCUT2D eigenvalue weighted by atomic mass is 32.2. The lowest BCUT2D eigenvalue weighted by Crippen LogP contribution is -2.51. The fourth-order valence-electron chi connectivity index (χ4n) is 7.11. The van der Waals surface area contributed by atoms with Crippen molar-refractivity contribution < 1.29 is 37.3 Å². The van der Waals surface area contributed by atoms with Crippen molar-refractivity contribution >= 4 is 33.9 Å². The maximum atomic E-state index is 14.3. The molecule has 2 fully saturated rings. The van der Waals surface area contributed by atoms with Gasteiger partial charge in [-0.15, -0.1) is 0 Å². The van der Waals surface area contributed by atoms with Crippen LogP contribution < -0.4 is 10.6 Å². The van der Waals surface area contributed by atoms with Crippen LogP contribution in [0.1, 0.15) is 55.7 Å². The number of hydrogen-bond donors (Lipinski definition) is 3. The van der Waals surface area contributed by atoms with Crippen LogP contribution in [0.4, 0.5) is 10.5 Å². The first-order chi connectivity index (χ1) is 25.6. The average molecular weight is 747 g/mol. The topological polar surface area (TPSA) is 156 Å². The summed E-state index contributed by atoms with van der Waals surface area (Å²) in [6, 6.07) is 23.3. The minimum Gasteiger partial charge on any atom is -0.443 e. The Balaban J connectivity index is 1.15. The lowest BCUT2D eigenvalue weighted by Gasteiger charge is -2.31. The molecule has 3 heterocycles. The third-order valence-corrected chi connectivity index (χ3v) is 11.7. The lowest BCUT2D eigenvalue weighted by atomic mass is 10.0. The van der Waals surface area contributed by atoms with E-state index in [0.29, 0.717) is 24.4 Å². The summed E-state index contributed by atoms with van der Waals surface area (Å²) in [5.41, 5.74) is 3.19. The fourth-order valence-corrected chi connectivity index (χ4v) is 8.77. The molecule has 0 saturated carbocycles. The largest absolute Gasteiger partial charge is 0.443 e. The number of aliphatic imine (C=N–C) groups is 1. The number of ether oxygens (including phenoxy) is 3. The normalized spacial score (nSPS) is 22.2. The predicted molar refractivity (Wildman–Crippen MR) is 201 cm³/mol. The van der Waals surface area contributed by atoms with Gasteiger partial charge in [0.1, 0.15) is 12.0 Å². The molecule has 3 aromatic rings. The molecule has 3 aromatic carbocycles. The van der Waals surface area contributed by atoms with E-state index in [-0.39, 0.29) is 55.0 Å². The number of carbonyl (C=O) groups is 2. The third-order valence-electron chi connectivity index (χ3n) is 9.91. The van der Waals surface area contributed by atoms with Gasteiger partial charge in [0.15, 0.2) is 6.29 Å². The maximum Gasteiger partial charge on any atom is 0.407 e. The van der Waals surface area contributed by atoms with Gasteiger partial charge in [0.2, 0.25) is 15.9 Å². The zero-order valence-electron chi connectivity index (χ0n) is 30.3. The molecule has 6 rings (SSSR count). The molecule has 2 saturated heterocycles. The van der Waals surface area contributed by atoms with Crippen LogP contribution in [-0.4, -0.2) is 93.4 Å². The first-order valence-electron chi connectivity index (χ1n) is 18.5. The molecule has 13 heteroatoms. The molecule has 0 spiro atoms. The third kappa shape index (κ3) is 9.89. The summed E-state index contributed by atoms with van der Waals surface area (Å²) in [5.74, 6) is -1.12. The number of unbranched alkanes of at least 4 members (excludes halogenated alkanes) is 1. The number of benzene rings is 3. The van der Waals surface area contributed by atoms with Crippen molar-refractivity contribution in [2.24, 2.45) is 16.8 Å². The first kappa shape index (κ1) is 38.6. The van der Waals surface area contributed by atoms with Gasteiger partial charge >= 0.3 is 6.09 Å². The molecule has 0 radical (unpaired) electrons. The van der Waals surface area contributed by atoms with Crippen molar-refractivity contribution in [2.45, 2.75) is 81.3 Å². The number of nitrogens with one attached hydrogen (secondary N) is 2. The number of aryl methyl sites for hydroxylation is 1. The average Bonchev–Trinajstić information content (AvgIpc) is 3.85. The maximum absolute atomic E-state index is 14.3. The number of aliphatic hydroxyl groups is 1. The van der Waals surface area contributed by atoms with Crippen LogP contribution in [0.25, 0.3) is 0 Å². The molecule has 3 aliphatic rings. The Bertz CT molecular complexity index is 1820. The molecular weight excluding hydrogens is 697 g/mol. The van der Waals surface area contributed by atoms with E-state index in [9.17, 15) is 23.1 Å². The molecule has 6 unspecified atom stereocenters. The number of alkyl carbamates (subject to hydrolysis) is 1. The summed E-state index contributed by atoms with van der Waals surface area (Å²) in [7, 11) is -4.16. The van der Waals surface area contributed by atoms with Crippen molar-refractivity contribution in [3.8, 4) is 0 Å². The van der Waals surface area contributed by atoms with Crippen molar-refractivity contribution in [1.29, 1.82) is 0 Å². The number of fused-ring (bicyclic) bond motifs is 2. The van der Waals surface area contributed by atoms with Crippen LogP contribution in [-0.2, 0) is 41.9 Å². The van der Waals surface area contributed by atoms with E-state index in [4.69, 9.17) is 14.2 Å². The number of rotatable bonds is 17. The Hall–Kier alpha value is -4.14. The molecule has 0 aromatic heterocycles. The standard InChI is InChI=1S/C40H50N4O8S/c1-27(2)24-44(25-36(45)35(21-29-14-7-4-8-15-29)43-40(47)52-37-26-51-39-31(37)18-20-50-39)53(48,49)30-16-17-34-32(22-30)33(38(46)42-34)23-41-19-10-9-13-28-11-5-3-6-12-28/h3-8,11-12,14-17,22-23,27,31,33,35-37,39,45H,9-10,13,18-21,24-26H2,1-2H3,(H,42,46)(H,43,47). The van der Waals surface area contributed by atoms with Crippen molar-refractivity contribution in [2.75, 3.05) is 38.2 Å². The quantitative estimate of drug-likeness (QED) is 0.130. The molecule has 2 amide bonds. The van der Waals surface area contributed by atoms with Crippen LogP contribution in [0.2, 0.25) is 0 Å². The number of nitrogens with zero attached hydrogens (tertiary/aromatic N) is 2. The summed E-state index contributed by atoms with van der Waals surface area (Å²) < 4.78 is 46.8. The Morgan fingerprint density at radius 3 is 2.51 bits per heavy atom. The van der Waals surface area contributed by atoms with E-state index >= 15 is 0 Å². The molecule has 3 N–H and O–H groups in total. The van der Waals surface area contributed by atoms with Gasteiger partial charge in [-0.2, -0.15) is 4.31 Å². The van der Waals surface area contributed by atoms with E-state index in [0.717, 1.165) is 31.2 Å². The highest BCUT2D eigenvalue weighted by Crippen LogP contribution is 2.35. The molecule has 0 aliphatic carbocycles. The van der Waals surface area contributed by atoms with Crippen molar-refractivity contribution in [3.05, 3.63) is 95.6 Å². The van der Waals surface area contributed by atoms with Gasteiger partial charge in [0, 0.05) is 31.5 Å². The van der Waals surface area contributed by atoms with E-state index in [2.05, 4.69) is 27.8 Å². The molecule has 53 heavy (non-hydrogen) atoms. The number of hydrogen-bond acceptors (Lipinski definition) is 9. The summed E-state index contributed by atoms with van der Waals surface area (Å²) in [6.07, 6.45) is 2.45. The number of carbonyl (C=O) groups excluding carboxylic acids is 2. The molecule has 284 valence electrons. The lowest BCUT2D eigenvalue weighted by molar-refractivity contribution is -0.115. The Morgan fingerprint density at radius 1 is 1.04 bits per heavy atom. The number of aliphatic hydroxyl groups excluding tert-OH is 1. The molecular formula is C40H50N4O8S. The van der Waals surface area contributed by atoms with Crippen LogP contribution in [0.5, 0.6) is 0 Å². The minimum absolute atomic E-state index is 0.00316. The van der Waals surface area contributed by atoms with Gasteiger partial charge in [0.05, 0.1) is 36.2 Å². The second-order valence-electron chi connectivity index (χ2n) is 14.4. The summed E-state index contributed by atoms with van der Waals surface area (Å²) in [5, 5.41) is 17.3. The van der Waals surface area contributed by atoms with Gasteiger partial charge in [-0.25, -0.2) is 13.2 Å². The van der Waals surface area contributed by atoms with E-state index in [1.165, 1.54) is 22.0 Å². The Morgan fingerprint density at radius 2 is 1.77 bits per heavy atom. The van der Waals surface area contributed by atoms with Gasteiger partial charge in [0.25, 0.3) is 0 Å².